The molecule has 0 heterocycles. The summed E-state index contributed by atoms with van der Waals surface area (Å²) in [5.41, 5.74) is 8.39. The third-order valence-electron chi connectivity index (χ3n) is 8.24. The van der Waals surface area contributed by atoms with Gasteiger partial charge in [-0.3, -0.25) is 0 Å². The van der Waals surface area contributed by atoms with Crippen LogP contribution in [0.1, 0.15) is 55.4 Å². The fourth-order valence-corrected chi connectivity index (χ4v) is 5.94. The highest BCUT2D eigenvalue weighted by molar-refractivity contribution is 5.82. The Morgan fingerprint density at radius 1 is 0.529 bits per heavy atom. The van der Waals surface area contributed by atoms with Gasteiger partial charge in [0.1, 0.15) is 0 Å². The van der Waals surface area contributed by atoms with Crippen molar-refractivity contribution in [1.82, 2.24) is 0 Å². The molecule has 168 valence electrons. The highest BCUT2D eigenvalue weighted by Crippen LogP contribution is 2.70. The van der Waals surface area contributed by atoms with E-state index in [-0.39, 0.29) is 10.8 Å². The largest absolute Gasteiger partial charge is 0.115 e. The monoisotopic (exact) mass is 440 g/mol. The van der Waals surface area contributed by atoms with Crippen LogP contribution in [-0.2, 0) is 0 Å². The molecule has 0 spiro atoms. The van der Waals surface area contributed by atoms with Gasteiger partial charge in [0.05, 0.1) is 0 Å². The van der Waals surface area contributed by atoms with Crippen LogP contribution in [0.3, 0.4) is 0 Å². The zero-order valence-electron chi connectivity index (χ0n) is 21.6. The molecule has 0 nitrogen and oxygen atoms in total. The van der Waals surface area contributed by atoms with Gasteiger partial charge in [-0.25, -0.2) is 0 Å². The summed E-state index contributed by atoms with van der Waals surface area (Å²) in [5.74, 6) is 11.9. The first-order valence-corrected chi connectivity index (χ1v) is 11.7. The van der Waals surface area contributed by atoms with Crippen LogP contribution in [0, 0.1) is 71.0 Å². The summed E-state index contributed by atoms with van der Waals surface area (Å²) in [7, 11) is 0. The van der Waals surface area contributed by atoms with E-state index >= 15 is 0 Å². The second-order valence-electron chi connectivity index (χ2n) is 12.0. The minimum absolute atomic E-state index is 0.111. The highest BCUT2D eigenvalue weighted by Gasteiger charge is 2.62. The van der Waals surface area contributed by atoms with E-state index in [1.807, 2.05) is 0 Å². The third kappa shape index (κ3) is 2.67. The summed E-state index contributed by atoms with van der Waals surface area (Å²) >= 11 is 0. The van der Waals surface area contributed by atoms with Crippen molar-refractivity contribution < 1.29 is 0 Å². The normalized spacial score (nSPS) is 27.9. The second-order valence-corrected chi connectivity index (χ2v) is 12.0. The van der Waals surface area contributed by atoms with Gasteiger partial charge >= 0.3 is 0 Å². The van der Waals surface area contributed by atoms with E-state index in [0.717, 1.165) is 55.7 Å². The molecule has 4 aliphatic rings. The molecular weight excluding hydrogens is 408 g/mol. The fourth-order valence-electron chi connectivity index (χ4n) is 5.94. The molecule has 0 amide bonds. The molecule has 2 atom stereocenters. The molecule has 0 bridgehead atoms. The quantitative estimate of drug-likeness (QED) is 0.347. The Hall–Kier alpha value is -3.58. The lowest BCUT2D eigenvalue weighted by molar-refractivity contribution is 0.238. The standard InChI is InChI=1S/C34H32/c1-13-23-24(14-2)28-18-22(32(8,9)10)20-30-26(16-4)25(15-3)29-19-21(31(5,6)7)17-27(23)33(29,11)34(28,30)12/h1-4,17-20H,5-12H3. The van der Waals surface area contributed by atoms with E-state index in [1.165, 1.54) is 0 Å². The summed E-state index contributed by atoms with van der Waals surface area (Å²) in [5, 5.41) is 0. The molecule has 0 saturated heterocycles. The summed E-state index contributed by atoms with van der Waals surface area (Å²) in [6.45, 7) is 17.7. The van der Waals surface area contributed by atoms with E-state index in [9.17, 15) is 0 Å². The summed E-state index contributed by atoms with van der Waals surface area (Å²) in [6.07, 6.45) is 33.7. The zero-order chi connectivity index (χ0) is 25.4. The van der Waals surface area contributed by atoms with Crippen molar-refractivity contribution in [2.45, 2.75) is 55.4 Å². The predicted octanol–water partition coefficient (Wildman–Crippen LogP) is 7.27. The van der Waals surface area contributed by atoms with E-state index < -0.39 is 10.8 Å². The molecule has 4 rings (SSSR count). The SMILES string of the molecule is C#CC1=C(C#C)C2=CC(C(C)(C)C)=CC3=C(C#C)C(C#C)=C4C=C(C(C)(C)C)C=C1C4(C)C23C. The van der Waals surface area contributed by atoms with Gasteiger partial charge in [-0.15, -0.1) is 25.7 Å². The maximum atomic E-state index is 6.19. The smallest absolute Gasteiger partial charge is 0.0443 e. The molecule has 4 aliphatic carbocycles. The van der Waals surface area contributed by atoms with Gasteiger partial charge in [0, 0.05) is 33.1 Å². The maximum Gasteiger partial charge on any atom is 0.0443 e. The Kier molecular flexibility index (Phi) is 4.83. The molecule has 0 heteroatoms. The number of allylic oxidation sites excluding steroid dienone is 14. The maximum absolute atomic E-state index is 6.19. The molecule has 0 aromatic heterocycles. The molecule has 0 fully saturated rings. The zero-order valence-corrected chi connectivity index (χ0v) is 21.6. The van der Waals surface area contributed by atoms with Crippen LogP contribution < -0.4 is 0 Å². The topological polar surface area (TPSA) is 0 Å². The Morgan fingerprint density at radius 3 is 1.06 bits per heavy atom. The first kappa shape index (κ1) is 23.6. The molecule has 34 heavy (non-hydrogen) atoms. The van der Waals surface area contributed by atoms with Crippen LogP contribution in [0.15, 0.2) is 80.0 Å². The molecule has 0 aromatic rings. The molecule has 0 saturated carbocycles. The third-order valence-corrected chi connectivity index (χ3v) is 8.24. The Balaban J connectivity index is 2.35. The molecule has 2 unspecified atom stereocenters. The number of rotatable bonds is 0. The van der Waals surface area contributed by atoms with Gasteiger partial charge in [-0.05, 0) is 44.3 Å². The average Bonchev–Trinajstić information content (AvgIpc) is 2.74. The van der Waals surface area contributed by atoms with E-state index in [2.05, 4.69) is 103 Å². The predicted molar refractivity (Wildman–Crippen MR) is 144 cm³/mol. The summed E-state index contributed by atoms with van der Waals surface area (Å²) in [6, 6.07) is 0. The van der Waals surface area contributed by atoms with Gasteiger partial charge < -0.3 is 0 Å². The van der Waals surface area contributed by atoms with Crippen LogP contribution >= 0.6 is 0 Å². The van der Waals surface area contributed by atoms with E-state index in [0.29, 0.717) is 0 Å². The van der Waals surface area contributed by atoms with Gasteiger partial charge in [-0.1, -0.05) is 103 Å². The van der Waals surface area contributed by atoms with Crippen LogP contribution in [-0.4, -0.2) is 0 Å². The van der Waals surface area contributed by atoms with Crippen molar-refractivity contribution in [1.29, 1.82) is 0 Å². The lowest BCUT2D eigenvalue weighted by Gasteiger charge is -2.59. The van der Waals surface area contributed by atoms with Gasteiger partial charge in [0.15, 0.2) is 0 Å². The first-order valence-electron chi connectivity index (χ1n) is 11.7. The Bertz CT molecular complexity index is 1320. The fraction of sp³-hybridized carbons (Fsp3) is 0.353. The summed E-state index contributed by atoms with van der Waals surface area (Å²) < 4.78 is 0. The van der Waals surface area contributed by atoms with Crippen molar-refractivity contribution in [2.24, 2.45) is 21.7 Å². The average molecular weight is 441 g/mol. The van der Waals surface area contributed by atoms with Crippen molar-refractivity contribution in [2.75, 3.05) is 0 Å². The minimum Gasteiger partial charge on any atom is -0.115 e. The van der Waals surface area contributed by atoms with Crippen LogP contribution in [0.2, 0.25) is 0 Å². The molecule has 0 aliphatic heterocycles. The molecule has 0 aromatic carbocycles. The van der Waals surface area contributed by atoms with E-state index in [1.54, 1.807) is 0 Å². The first-order chi connectivity index (χ1) is 15.7. The lowest BCUT2D eigenvalue weighted by atomic mass is 9.42. The molecular formula is C34H32. The summed E-state index contributed by atoms with van der Waals surface area (Å²) in [4.78, 5) is 0. The van der Waals surface area contributed by atoms with Gasteiger partial charge in [-0.2, -0.15) is 0 Å². The Morgan fingerprint density at radius 2 is 0.824 bits per heavy atom. The highest BCUT2D eigenvalue weighted by atomic mass is 14.6. The van der Waals surface area contributed by atoms with E-state index in [4.69, 9.17) is 25.7 Å². The van der Waals surface area contributed by atoms with Crippen LogP contribution in [0.25, 0.3) is 0 Å². The van der Waals surface area contributed by atoms with Crippen LogP contribution in [0.5, 0.6) is 0 Å². The van der Waals surface area contributed by atoms with Crippen molar-refractivity contribution in [3.8, 4) is 49.4 Å². The van der Waals surface area contributed by atoms with Crippen LogP contribution in [0.4, 0.5) is 0 Å². The molecule has 0 N–H and O–H groups in total. The number of hydrogen-bond acceptors (Lipinski definition) is 0. The van der Waals surface area contributed by atoms with Gasteiger partial charge in [0.2, 0.25) is 0 Å². The van der Waals surface area contributed by atoms with Crippen molar-refractivity contribution in [3.05, 3.63) is 80.0 Å². The molecule has 0 radical (unpaired) electrons. The number of hydrogen-bond donors (Lipinski definition) is 0. The lowest BCUT2D eigenvalue weighted by Crippen LogP contribution is -2.51. The second kappa shape index (κ2) is 6.96. The number of terminal acetylenes is 4. The van der Waals surface area contributed by atoms with Crippen molar-refractivity contribution >= 4 is 0 Å². The minimum atomic E-state index is -0.507. The Labute approximate surface area is 206 Å². The van der Waals surface area contributed by atoms with Crippen molar-refractivity contribution in [3.63, 3.8) is 0 Å². The van der Waals surface area contributed by atoms with Gasteiger partial charge in [0.25, 0.3) is 0 Å².